The van der Waals surface area contributed by atoms with Gasteiger partial charge in [-0.3, -0.25) is 9.59 Å². The molecule has 0 aromatic heterocycles. The maximum absolute atomic E-state index is 12.1. The Morgan fingerprint density at radius 1 is 1.24 bits per heavy atom. The number of hydrogen-bond donors (Lipinski definition) is 1. The molecule has 1 aromatic rings. The Bertz CT molecular complexity index is 699. The molecule has 0 spiro atoms. The van der Waals surface area contributed by atoms with Crippen molar-refractivity contribution in [1.82, 2.24) is 5.32 Å². The molecule has 7 heteroatoms. The van der Waals surface area contributed by atoms with Crippen LogP contribution in [0.5, 0.6) is 0 Å². The van der Waals surface area contributed by atoms with E-state index in [4.69, 9.17) is 4.74 Å². The van der Waals surface area contributed by atoms with Crippen LogP contribution in [-0.4, -0.2) is 38.4 Å². The number of nitrogens with one attached hydrogen (secondary N) is 1. The molecule has 0 saturated carbocycles. The summed E-state index contributed by atoms with van der Waals surface area (Å²) in [4.78, 5) is 24.1. The summed E-state index contributed by atoms with van der Waals surface area (Å²) in [5.41, 5.74) is 0.998. The molecule has 0 aliphatic carbocycles. The van der Waals surface area contributed by atoms with Gasteiger partial charge in [0.25, 0.3) is 5.91 Å². The number of ether oxygens (including phenoxy) is 1. The molecule has 2 unspecified atom stereocenters. The number of sulfone groups is 1. The molecule has 138 valence electrons. The van der Waals surface area contributed by atoms with Crippen LogP contribution >= 0.6 is 0 Å². The van der Waals surface area contributed by atoms with Crippen molar-refractivity contribution in [3.05, 3.63) is 35.9 Å². The van der Waals surface area contributed by atoms with Gasteiger partial charge in [-0.25, -0.2) is 8.42 Å². The van der Waals surface area contributed by atoms with Crippen LogP contribution < -0.4 is 5.32 Å². The van der Waals surface area contributed by atoms with Crippen molar-refractivity contribution in [3.8, 4) is 0 Å². The van der Waals surface area contributed by atoms with Crippen LogP contribution in [0.1, 0.15) is 38.3 Å². The van der Waals surface area contributed by atoms with E-state index in [9.17, 15) is 18.0 Å². The van der Waals surface area contributed by atoms with Crippen LogP contribution in [0.2, 0.25) is 0 Å². The Hall–Kier alpha value is -1.89. The Morgan fingerprint density at radius 2 is 1.92 bits per heavy atom. The summed E-state index contributed by atoms with van der Waals surface area (Å²) < 4.78 is 27.8. The first-order valence-electron chi connectivity index (χ1n) is 8.48. The van der Waals surface area contributed by atoms with Gasteiger partial charge < -0.3 is 10.1 Å². The predicted molar refractivity (Wildman–Crippen MR) is 94.5 cm³/mol. The Kier molecular flexibility index (Phi) is 6.58. The lowest BCUT2D eigenvalue weighted by atomic mass is 9.97. The van der Waals surface area contributed by atoms with Crippen molar-refractivity contribution in [3.63, 3.8) is 0 Å². The Balaban J connectivity index is 1.87. The van der Waals surface area contributed by atoms with Gasteiger partial charge in [0, 0.05) is 0 Å². The monoisotopic (exact) mass is 367 g/mol. The van der Waals surface area contributed by atoms with Crippen molar-refractivity contribution in [2.24, 2.45) is 11.8 Å². The third-order valence-electron chi connectivity index (χ3n) is 4.16. The lowest BCUT2D eigenvalue weighted by molar-refractivity contribution is -0.152. The standard InChI is InChI=1S/C18H25NO5S/c1-13(2)10-16(14-6-4-3-5-7-14)19-17(20)11-24-18(21)15-8-9-25(22,23)12-15/h3-7,13,15-16H,8-12H2,1-2H3,(H,19,20). The van der Waals surface area contributed by atoms with Crippen molar-refractivity contribution >= 4 is 21.7 Å². The number of carbonyl (C=O) groups excluding carboxylic acids is 2. The maximum Gasteiger partial charge on any atom is 0.310 e. The zero-order valence-corrected chi connectivity index (χ0v) is 15.4. The highest BCUT2D eigenvalue weighted by atomic mass is 32.2. The van der Waals surface area contributed by atoms with Gasteiger partial charge in [0.15, 0.2) is 16.4 Å². The Morgan fingerprint density at radius 3 is 2.48 bits per heavy atom. The summed E-state index contributed by atoms with van der Waals surface area (Å²) in [5, 5.41) is 2.89. The minimum atomic E-state index is -3.15. The molecule has 1 aliphatic rings. The molecule has 1 N–H and O–H groups in total. The topological polar surface area (TPSA) is 89.5 Å². The highest BCUT2D eigenvalue weighted by Crippen LogP contribution is 2.21. The molecule has 6 nitrogen and oxygen atoms in total. The van der Waals surface area contributed by atoms with E-state index in [1.165, 1.54) is 0 Å². The third-order valence-corrected chi connectivity index (χ3v) is 5.92. The number of amides is 1. The largest absolute Gasteiger partial charge is 0.455 e. The highest BCUT2D eigenvalue weighted by molar-refractivity contribution is 7.91. The van der Waals surface area contributed by atoms with E-state index in [0.717, 1.165) is 12.0 Å². The minimum absolute atomic E-state index is 0.00341. The summed E-state index contributed by atoms with van der Waals surface area (Å²) in [6, 6.07) is 9.48. The van der Waals surface area contributed by atoms with Gasteiger partial charge in [-0.15, -0.1) is 0 Å². The van der Waals surface area contributed by atoms with Crippen LogP contribution in [0, 0.1) is 11.8 Å². The van der Waals surface area contributed by atoms with E-state index >= 15 is 0 Å². The molecule has 2 rings (SSSR count). The van der Waals surface area contributed by atoms with Gasteiger partial charge in [-0.05, 0) is 24.3 Å². The first kappa shape index (κ1) is 19.4. The molecule has 0 bridgehead atoms. The molecular weight excluding hydrogens is 342 g/mol. The van der Waals surface area contributed by atoms with Crippen molar-refractivity contribution in [2.75, 3.05) is 18.1 Å². The Labute approximate surface area is 148 Å². The van der Waals surface area contributed by atoms with Gasteiger partial charge in [0.1, 0.15) is 0 Å². The highest BCUT2D eigenvalue weighted by Gasteiger charge is 2.34. The molecule has 2 atom stereocenters. The summed E-state index contributed by atoms with van der Waals surface area (Å²) >= 11 is 0. The molecule has 1 aliphatic heterocycles. The van der Waals surface area contributed by atoms with E-state index in [1.54, 1.807) is 0 Å². The fraction of sp³-hybridized carbons (Fsp3) is 0.556. The third kappa shape index (κ3) is 6.16. The van der Waals surface area contributed by atoms with Crippen molar-refractivity contribution in [1.29, 1.82) is 0 Å². The number of carbonyl (C=O) groups is 2. The normalized spacial score (nSPS) is 20.2. The second-order valence-electron chi connectivity index (χ2n) is 6.87. The summed E-state index contributed by atoms with van der Waals surface area (Å²) in [6.45, 7) is 3.75. The fourth-order valence-corrected chi connectivity index (χ4v) is 4.63. The molecule has 1 amide bonds. The minimum Gasteiger partial charge on any atom is -0.455 e. The number of rotatable bonds is 7. The molecule has 0 radical (unpaired) electrons. The predicted octanol–water partition coefficient (Wildman–Crippen LogP) is 1.87. The lowest BCUT2D eigenvalue weighted by Gasteiger charge is -2.21. The molecule has 1 fully saturated rings. The molecule has 1 saturated heterocycles. The van der Waals surface area contributed by atoms with E-state index in [0.29, 0.717) is 5.92 Å². The van der Waals surface area contributed by atoms with Crippen LogP contribution in [0.4, 0.5) is 0 Å². The van der Waals surface area contributed by atoms with Gasteiger partial charge in [-0.1, -0.05) is 44.2 Å². The van der Waals surface area contributed by atoms with E-state index in [1.807, 2.05) is 30.3 Å². The number of esters is 1. The number of benzene rings is 1. The van der Waals surface area contributed by atoms with Crippen LogP contribution in [0.25, 0.3) is 0 Å². The fourth-order valence-electron chi connectivity index (χ4n) is 2.91. The molecule has 1 aromatic carbocycles. The first-order chi connectivity index (χ1) is 11.8. The zero-order chi connectivity index (χ0) is 18.4. The zero-order valence-electron chi connectivity index (χ0n) is 14.6. The average Bonchev–Trinajstić information content (AvgIpc) is 2.92. The maximum atomic E-state index is 12.1. The van der Waals surface area contributed by atoms with Crippen molar-refractivity contribution < 1.29 is 22.7 Å². The van der Waals surface area contributed by atoms with Crippen LogP contribution in [0.3, 0.4) is 0 Å². The average molecular weight is 367 g/mol. The molecule has 1 heterocycles. The van der Waals surface area contributed by atoms with E-state index in [-0.39, 0.29) is 29.9 Å². The van der Waals surface area contributed by atoms with E-state index < -0.39 is 28.3 Å². The van der Waals surface area contributed by atoms with Crippen molar-refractivity contribution in [2.45, 2.75) is 32.7 Å². The van der Waals surface area contributed by atoms with Crippen LogP contribution in [0.15, 0.2) is 30.3 Å². The van der Waals surface area contributed by atoms with Crippen LogP contribution in [-0.2, 0) is 24.2 Å². The number of hydrogen-bond acceptors (Lipinski definition) is 5. The quantitative estimate of drug-likeness (QED) is 0.743. The second kappa shape index (κ2) is 8.47. The first-order valence-corrected chi connectivity index (χ1v) is 10.3. The second-order valence-corrected chi connectivity index (χ2v) is 9.10. The van der Waals surface area contributed by atoms with Gasteiger partial charge in [0.2, 0.25) is 0 Å². The van der Waals surface area contributed by atoms with Gasteiger partial charge in [0.05, 0.1) is 23.5 Å². The summed E-state index contributed by atoms with van der Waals surface area (Å²) in [5.74, 6) is -1.45. The summed E-state index contributed by atoms with van der Waals surface area (Å²) in [6.07, 6.45) is 1.04. The van der Waals surface area contributed by atoms with Gasteiger partial charge in [-0.2, -0.15) is 0 Å². The molecular formula is C18H25NO5S. The summed E-state index contributed by atoms with van der Waals surface area (Å²) in [7, 11) is -3.15. The SMILES string of the molecule is CC(C)CC(NC(=O)COC(=O)C1CCS(=O)(=O)C1)c1ccccc1. The molecule has 25 heavy (non-hydrogen) atoms. The smallest absolute Gasteiger partial charge is 0.310 e. The lowest BCUT2D eigenvalue weighted by Crippen LogP contribution is -2.34. The van der Waals surface area contributed by atoms with E-state index in [2.05, 4.69) is 19.2 Å². The van der Waals surface area contributed by atoms with Gasteiger partial charge >= 0.3 is 5.97 Å².